The number of benzene rings is 3. The Morgan fingerprint density at radius 3 is 2.51 bits per heavy atom. The zero-order valence-electron chi connectivity index (χ0n) is 21.3. The number of urea groups is 1. The molecule has 1 heterocycles. The Morgan fingerprint density at radius 1 is 1.13 bits per heavy atom. The summed E-state index contributed by atoms with van der Waals surface area (Å²) in [6.07, 6.45) is -3.69. The standard InChI is InChI=1S/C29H28F4N4O2/c1-2-28(39)12-13-36(19-28)14-15-37(27(38)35-23-8-11-26(30)25(17-23)29(31,32)33)24-9-6-21(7-10-24)22-5-3-4-20(16-22)18-34/h3-11,16-17,39H,2,12-15,19H2,1H3,(H,35,38). The second kappa shape index (κ2) is 11.4. The molecule has 4 rings (SSSR count). The molecular weight excluding hydrogens is 512 g/mol. The molecule has 2 amide bonds. The second-order valence-electron chi connectivity index (χ2n) is 9.62. The smallest absolute Gasteiger partial charge is 0.389 e. The zero-order valence-corrected chi connectivity index (χ0v) is 21.3. The first-order valence-electron chi connectivity index (χ1n) is 12.5. The summed E-state index contributed by atoms with van der Waals surface area (Å²) in [6.45, 7) is 3.65. The largest absolute Gasteiger partial charge is 0.419 e. The summed E-state index contributed by atoms with van der Waals surface area (Å²) < 4.78 is 53.3. The minimum Gasteiger partial charge on any atom is -0.389 e. The maximum atomic E-state index is 13.8. The number of nitrogens with zero attached hydrogens (tertiary/aromatic N) is 3. The molecular formula is C29H28F4N4O2. The number of anilines is 2. The van der Waals surface area contributed by atoms with Crippen molar-refractivity contribution in [2.75, 3.05) is 36.4 Å². The van der Waals surface area contributed by atoms with Crippen LogP contribution in [-0.2, 0) is 6.18 Å². The Bertz CT molecular complexity index is 1370. The van der Waals surface area contributed by atoms with Crippen molar-refractivity contribution >= 4 is 17.4 Å². The van der Waals surface area contributed by atoms with Gasteiger partial charge in [-0.1, -0.05) is 31.2 Å². The van der Waals surface area contributed by atoms with Gasteiger partial charge in [0.15, 0.2) is 0 Å². The van der Waals surface area contributed by atoms with Gasteiger partial charge in [-0.3, -0.25) is 9.80 Å². The van der Waals surface area contributed by atoms with Crippen molar-refractivity contribution in [2.24, 2.45) is 0 Å². The predicted molar refractivity (Wildman–Crippen MR) is 141 cm³/mol. The minimum atomic E-state index is -4.91. The van der Waals surface area contributed by atoms with Crippen LogP contribution in [0.15, 0.2) is 66.7 Å². The number of alkyl halides is 3. The summed E-state index contributed by atoms with van der Waals surface area (Å²) in [6, 6.07) is 17.8. The Kier molecular flexibility index (Phi) is 8.23. The van der Waals surface area contributed by atoms with E-state index in [1.807, 2.05) is 17.9 Å². The third-order valence-corrected chi connectivity index (χ3v) is 6.98. The SMILES string of the molecule is CCC1(O)CCN(CCN(C(=O)Nc2ccc(F)c(C(F)(F)F)c2)c2ccc(-c3cccc(C#N)c3)cc2)C1. The van der Waals surface area contributed by atoms with Gasteiger partial charge in [0.05, 0.1) is 22.8 Å². The second-order valence-corrected chi connectivity index (χ2v) is 9.62. The van der Waals surface area contributed by atoms with Crippen molar-refractivity contribution in [1.82, 2.24) is 4.90 Å². The zero-order chi connectivity index (χ0) is 28.2. The van der Waals surface area contributed by atoms with Gasteiger partial charge in [-0.2, -0.15) is 18.4 Å². The first kappa shape index (κ1) is 28.1. The molecule has 1 fully saturated rings. The van der Waals surface area contributed by atoms with E-state index in [2.05, 4.69) is 11.4 Å². The molecule has 10 heteroatoms. The van der Waals surface area contributed by atoms with Gasteiger partial charge in [-0.25, -0.2) is 9.18 Å². The molecule has 0 aromatic heterocycles. The van der Waals surface area contributed by atoms with Crippen LogP contribution in [0.2, 0.25) is 0 Å². The number of halogens is 4. The average molecular weight is 541 g/mol. The molecule has 6 nitrogen and oxygen atoms in total. The quantitative estimate of drug-likeness (QED) is 0.347. The van der Waals surface area contributed by atoms with E-state index in [0.717, 1.165) is 17.2 Å². The van der Waals surface area contributed by atoms with Crippen LogP contribution in [0.5, 0.6) is 0 Å². The molecule has 2 N–H and O–H groups in total. The van der Waals surface area contributed by atoms with Crippen LogP contribution in [-0.4, -0.2) is 47.8 Å². The lowest BCUT2D eigenvalue weighted by Crippen LogP contribution is -2.41. The first-order chi connectivity index (χ1) is 18.5. The molecule has 3 aromatic rings. The molecule has 0 saturated carbocycles. The lowest BCUT2D eigenvalue weighted by atomic mass is 10.0. The number of amides is 2. The number of nitriles is 1. The molecule has 0 bridgehead atoms. The Balaban J connectivity index is 1.58. The number of likely N-dealkylation sites (tertiary alicyclic amines) is 1. The molecule has 1 unspecified atom stereocenters. The van der Waals surface area contributed by atoms with Gasteiger partial charge in [0.25, 0.3) is 0 Å². The van der Waals surface area contributed by atoms with Crippen LogP contribution in [0.1, 0.15) is 30.9 Å². The van der Waals surface area contributed by atoms with Gasteiger partial charge in [-0.05, 0) is 66.4 Å². The maximum Gasteiger partial charge on any atom is 0.419 e. The Morgan fingerprint density at radius 2 is 1.87 bits per heavy atom. The van der Waals surface area contributed by atoms with E-state index >= 15 is 0 Å². The highest BCUT2D eigenvalue weighted by Gasteiger charge is 2.35. The number of hydrogen-bond donors (Lipinski definition) is 2. The normalized spacial score (nSPS) is 17.6. The number of nitrogens with one attached hydrogen (secondary N) is 1. The topological polar surface area (TPSA) is 79.6 Å². The van der Waals surface area contributed by atoms with Crippen LogP contribution in [0.3, 0.4) is 0 Å². The van der Waals surface area contributed by atoms with Crippen LogP contribution in [0.4, 0.5) is 33.7 Å². The molecule has 1 aliphatic rings. The van der Waals surface area contributed by atoms with E-state index in [0.29, 0.717) is 55.9 Å². The number of aliphatic hydroxyl groups is 1. The van der Waals surface area contributed by atoms with Crippen molar-refractivity contribution in [3.8, 4) is 17.2 Å². The van der Waals surface area contributed by atoms with E-state index < -0.39 is 29.2 Å². The molecule has 3 aromatic carbocycles. The molecule has 1 aliphatic heterocycles. The lowest BCUT2D eigenvalue weighted by molar-refractivity contribution is -0.139. The van der Waals surface area contributed by atoms with Gasteiger partial charge in [0.2, 0.25) is 0 Å². The number of carbonyl (C=O) groups excluding carboxylic acids is 1. The number of β-amino-alcohol motifs (C(OH)–C–C–N with tert-alkyl or cyclic N) is 1. The molecule has 1 atom stereocenters. The minimum absolute atomic E-state index is 0.190. The van der Waals surface area contributed by atoms with Gasteiger partial charge in [0, 0.05) is 37.6 Å². The van der Waals surface area contributed by atoms with Crippen LogP contribution in [0, 0.1) is 17.1 Å². The monoisotopic (exact) mass is 540 g/mol. The van der Waals surface area contributed by atoms with Crippen molar-refractivity contribution in [3.05, 3.63) is 83.7 Å². The molecule has 1 saturated heterocycles. The first-order valence-corrected chi connectivity index (χ1v) is 12.5. The van der Waals surface area contributed by atoms with Gasteiger partial charge >= 0.3 is 12.2 Å². The van der Waals surface area contributed by atoms with Crippen LogP contribution in [0.25, 0.3) is 11.1 Å². The average Bonchev–Trinajstić information content (AvgIpc) is 3.31. The van der Waals surface area contributed by atoms with Crippen molar-refractivity contribution in [2.45, 2.75) is 31.5 Å². The van der Waals surface area contributed by atoms with E-state index in [9.17, 15) is 32.7 Å². The molecule has 0 radical (unpaired) electrons. The van der Waals surface area contributed by atoms with Crippen molar-refractivity contribution in [1.29, 1.82) is 5.26 Å². The highest BCUT2D eigenvalue weighted by atomic mass is 19.4. The highest BCUT2D eigenvalue weighted by Crippen LogP contribution is 2.33. The highest BCUT2D eigenvalue weighted by molar-refractivity contribution is 6.02. The fourth-order valence-electron chi connectivity index (χ4n) is 4.62. The van der Waals surface area contributed by atoms with Crippen molar-refractivity contribution in [3.63, 3.8) is 0 Å². The molecule has 39 heavy (non-hydrogen) atoms. The summed E-state index contributed by atoms with van der Waals surface area (Å²) >= 11 is 0. The maximum absolute atomic E-state index is 13.8. The predicted octanol–water partition coefficient (Wildman–Crippen LogP) is 6.27. The van der Waals surface area contributed by atoms with Gasteiger partial charge in [-0.15, -0.1) is 0 Å². The van der Waals surface area contributed by atoms with E-state index in [4.69, 9.17) is 0 Å². The Labute approximate surface area is 224 Å². The lowest BCUT2D eigenvalue weighted by Gasteiger charge is -2.27. The van der Waals surface area contributed by atoms with Gasteiger partial charge < -0.3 is 10.4 Å². The number of rotatable bonds is 7. The third-order valence-electron chi connectivity index (χ3n) is 6.98. The third kappa shape index (κ3) is 6.74. The summed E-state index contributed by atoms with van der Waals surface area (Å²) in [7, 11) is 0. The van der Waals surface area contributed by atoms with Crippen molar-refractivity contribution < 1.29 is 27.5 Å². The fraction of sp³-hybridized carbons (Fsp3) is 0.310. The summed E-state index contributed by atoms with van der Waals surface area (Å²) in [4.78, 5) is 16.8. The van der Waals surface area contributed by atoms with E-state index in [-0.39, 0.29) is 12.2 Å². The van der Waals surface area contributed by atoms with Gasteiger partial charge in [0.1, 0.15) is 5.82 Å². The van der Waals surface area contributed by atoms with E-state index in [1.165, 1.54) is 4.90 Å². The van der Waals surface area contributed by atoms with Crippen LogP contribution < -0.4 is 10.2 Å². The summed E-state index contributed by atoms with van der Waals surface area (Å²) in [5.74, 6) is -1.43. The van der Waals surface area contributed by atoms with E-state index in [1.54, 1.807) is 42.5 Å². The summed E-state index contributed by atoms with van der Waals surface area (Å²) in [5.41, 5.74) is 0.200. The Hall–Kier alpha value is -3.94. The number of hydrogen-bond acceptors (Lipinski definition) is 4. The molecule has 0 aliphatic carbocycles. The fourth-order valence-corrected chi connectivity index (χ4v) is 4.62. The molecule has 0 spiro atoms. The van der Waals surface area contributed by atoms with Crippen LogP contribution >= 0.6 is 0 Å². The number of carbonyl (C=O) groups is 1. The summed E-state index contributed by atoms with van der Waals surface area (Å²) in [5, 5.41) is 22.2. The molecule has 204 valence electrons.